The zero-order valence-corrected chi connectivity index (χ0v) is 8.12. The average molecular weight is 205 g/mol. The number of hydroxylamine groups is 2. The highest BCUT2D eigenvalue weighted by Crippen LogP contribution is 1.95. The van der Waals surface area contributed by atoms with E-state index in [4.69, 9.17) is 15.3 Å². The summed E-state index contributed by atoms with van der Waals surface area (Å²) >= 11 is 0. The maximum Gasteiger partial charge on any atom is 0.269 e. The van der Waals surface area contributed by atoms with Crippen LogP contribution in [0.4, 0.5) is 0 Å². The fourth-order valence-corrected chi connectivity index (χ4v) is 0.612. The van der Waals surface area contributed by atoms with Crippen LogP contribution in [0.25, 0.3) is 0 Å². The molecule has 1 amide bonds. The molecule has 2 atom stereocenters. The highest BCUT2D eigenvalue weighted by atomic mass is 16.7. The average Bonchev–Trinajstić information content (AvgIpc) is 2.22. The van der Waals surface area contributed by atoms with Crippen LogP contribution in [-0.2, 0) is 9.63 Å². The lowest BCUT2D eigenvalue weighted by Gasteiger charge is -2.12. The predicted molar refractivity (Wildman–Crippen MR) is 48.0 cm³/mol. The summed E-state index contributed by atoms with van der Waals surface area (Å²) in [4.78, 5) is 15.6. The molecule has 3 N–H and O–H groups in total. The zero-order valence-electron chi connectivity index (χ0n) is 8.12. The van der Waals surface area contributed by atoms with E-state index in [2.05, 4.69) is 4.84 Å². The highest BCUT2D eigenvalue weighted by molar-refractivity contribution is 5.86. The number of nitrogens with zero attached hydrogens (tertiary/aromatic N) is 1. The van der Waals surface area contributed by atoms with Crippen molar-refractivity contribution in [3.05, 3.63) is 12.2 Å². The number of amides is 1. The van der Waals surface area contributed by atoms with E-state index in [0.717, 1.165) is 17.2 Å². The van der Waals surface area contributed by atoms with Crippen molar-refractivity contribution >= 4 is 5.91 Å². The van der Waals surface area contributed by atoms with Crippen molar-refractivity contribution in [2.45, 2.75) is 12.2 Å². The Balaban J connectivity index is 4.09. The van der Waals surface area contributed by atoms with Gasteiger partial charge in [0.05, 0.1) is 13.7 Å². The second-order valence-electron chi connectivity index (χ2n) is 2.62. The molecule has 0 saturated carbocycles. The number of rotatable bonds is 5. The molecule has 0 aliphatic heterocycles. The quantitative estimate of drug-likeness (QED) is 0.367. The number of carbonyl (C=O) groups is 1. The molecule has 0 bridgehead atoms. The van der Waals surface area contributed by atoms with E-state index < -0.39 is 24.7 Å². The molecule has 6 nitrogen and oxygen atoms in total. The normalized spacial score (nSPS) is 15.5. The van der Waals surface area contributed by atoms with Crippen LogP contribution in [0.15, 0.2) is 12.2 Å². The molecule has 0 rings (SSSR count). The van der Waals surface area contributed by atoms with Gasteiger partial charge in [-0.25, -0.2) is 5.06 Å². The van der Waals surface area contributed by atoms with Crippen LogP contribution < -0.4 is 0 Å². The second-order valence-corrected chi connectivity index (χ2v) is 2.62. The Hall–Kier alpha value is -0.950. The minimum absolute atomic E-state index is 0.475. The van der Waals surface area contributed by atoms with Gasteiger partial charge in [0.1, 0.15) is 12.2 Å². The Morgan fingerprint density at radius 3 is 2.57 bits per heavy atom. The first-order chi connectivity index (χ1) is 6.52. The largest absolute Gasteiger partial charge is 0.394 e. The van der Waals surface area contributed by atoms with E-state index in [1.165, 1.54) is 14.2 Å². The number of likely N-dealkylation sites (N-methyl/N-ethyl adjacent to an activating group) is 1. The smallest absolute Gasteiger partial charge is 0.269 e. The molecule has 0 spiro atoms. The number of aliphatic hydroxyl groups excluding tert-OH is 3. The van der Waals surface area contributed by atoms with Crippen LogP contribution in [0.3, 0.4) is 0 Å². The molecule has 0 radical (unpaired) electrons. The van der Waals surface area contributed by atoms with Gasteiger partial charge >= 0.3 is 0 Å². The van der Waals surface area contributed by atoms with Gasteiger partial charge in [0, 0.05) is 13.1 Å². The van der Waals surface area contributed by atoms with Crippen LogP contribution in [-0.4, -0.2) is 59.3 Å². The summed E-state index contributed by atoms with van der Waals surface area (Å²) in [5.74, 6) is -0.475. The lowest BCUT2D eigenvalue weighted by molar-refractivity contribution is -0.162. The van der Waals surface area contributed by atoms with E-state index >= 15 is 0 Å². The molecule has 0 aromatic heterocycles. The van der Waals surface area contributed by atoms with Gasteiger partial charge in [-0.15, -0.1) is 0 Å². The monoisotopic (exact) mass is 205 g/mol. The molecular formula is C8H15NO5. The summed E-state index contributed by atoms with van der Waals surface area (Å²) in [7, 11) is 2.73. The Morgan fingerprint density at radius 1 is 1.57 bits per heavy atom. The summed E-state index contributed by atoms with van der Waals surface area (Å²) in [6.07, 6.45) is -0.424. The Morgan fingerprint density at radius 2 is 2.14 bits per heavy atom. The first-order valence-corrected chi connectivity index (χ1v) is 4.00. The van der Waals surface area contributed by atoms with Gasteiger partial charge in [0.2, 0.25) is 0 Å². The molecule has 0 fully saturated rings. The minimum atomic E-state index is -1.29. The topological polar surface area (TPSA) is 90.2 Å². The Kier molecular flexibility index (Phi) is 6.06. The minimum Gasteiger partial charge on any atom is -0.394 e. The van der Waals surface area contributed by atoms with Crippen molar-refractivity contribution in [2.75, 3.05) is 20.8 Å². The maximum atomic E-state index is 11.0. The van der Waals surface area contributed by atoms with Crippen molar-refractivity contribution < 1.29 is 25.0 Å². The van der Waals surface area contributed by atoms with E-state index in [-0.39, 0.29) is 0 Å². The number of hydrogen-bond donors (Lipinski definition) is 3. The standard InChI is InChI=1S/C8H15NO5/c1-9(14-2)8(13)4-3-6(11)7(12)5-10/h3-4,6-7,10-12H,5H2,1-2H3/b4-3+/t6-,7-/m0/s1. The number of aliphatic hydroxyl groups is 3. The van der Waals surface area contributed by atoms with Gasteiger partial charge in [0.25, 0.3) is 5.91 Å². The molecule has 82 valence electrons. The predicted octanol–water partition coefficient (Wildman–Crippen LogP) is -1.72. The third-order valence-electron chi connectivity index (χ3n) is 1.60. The van der Waals surface area contributed by atoms with E-state index in [9.17, 15) is 4.79 Å². The van der Waals surface area contributed by atoms with Crippen LogP contribution in [0.1, 0.15) is 0 Å². The molecular weight excluding hydrogens is 190 g/mol. The van der Waals surface area contributed by atoms with E-state index in [1.54, 1.807) is 0 Å². The van der Waals surface area contributed by atoms with Crippen molar-refractivity contribution in [2.24, 2.45) is 0 Å². The highest BCUT2D eigenvalue weighted by Gasteiger charge is 2.12. The van der Waals surface area contributed by atoms with Gasteiger partial charge in [-0.1, -0.05) is 0 Å². The van der Waals surface area contributed by atoms with Gasteiger partial charge in [-0.3, -0.25) is 9.63 Å². The zero-order chi connectivity index (χ0) is 11.1. The third kappa shape index (κ3) is 4.33. The van der Waals surface area contributed by atoms with Crippen molar-refractivity contribution in [1.29, 1.82) is 0 Å². The van der Waals surface area contributed by atoms with Gasteiger partial charge in [-0.2, -0.15) is 0 Å². The molecule has 0 aromatic carbocycles. The van der Waals surface area contributed by atoms with E-state index in [0.29, 0.717) is 0 Å². The van der Waals surface area contributed by atoms with Gasteiger partial charge < -0.3 is 15.3 Å². The summed E-state index contributed by atoms with van der Waals surface area (Å²) in [6, 6.07) is 0. The van der Waals surface area contributed by atoms with Crippen molar-refractivity contribution in [3.63, 3.8) is 0 Å². The molecule has 0 unspecified atom stereocenters. The number of hydrogen-bond acceptors (Lipinski definition) is 5. The third-order valence-corrected chi connectivity index (χ3v) is 1.60. The van der Waals surface area contributed by atoms with Crippen LogP contribution in [0.5, 0.6) is 0 Å². The fourth-order valence-electron chi connectivity index (χ4n) is 0.612. The summed E-state index contributed by atoms with van der Waals surface area (Å²) in [5.41, 5.74) is 0. The molecule has 0 aromatic rings. The molecule has 0 saturated heterocycles. The summed E-state index contributed by atoms with van der Waals surface area (Å²) in [5, 5.41) is 27.5. The number of carbonyl (C=O) groups excluding carboxylic acids is 1. The van der Waals surface area contributed by atoms with Crippen LogP contribution in [0, 0.1) is 0 Å². The molecule has 6 heteroatoms. The molecule has 0 aliphatic carbocycles. The Bertz CT molecular complexity index is 206. The van der Waals surface area contributed by atoms with Crippen LogP contribution in [0.2, 0.25) is 0 Å². The van der Waals surface area contributed by atoms with E-state index in [1.807, 2.05) is 0 Å². The van der Waals surface area contributed by atoms with Crippen LogP contribution >= 0.6 is 0 Å². The first kappa shape index (κ1) is 13.1. The molecule has 0 heterocycles. The summed E-state index contributed by atoms with van der Waals surface area (Å²) in [6.45, 7) is -0.570. The lowest BCUT2D eigenvalue weighted by atomic mass is 10.2. The van der Waals surface area contributed by atoms with Gasteiger partial charge in [-0.05, 0) is 6.08 Å². The lowest BCUT2D eigenvalue weighted by Crippen LogP contribution is -2.28. The molecule has 0 aliphatic rings. The first-order valence-electron chi connectivity index (χ1n) is 4.00. The molecule has 14 heavy (non-hydrogen) atoms. The van der Waals surface area contributed by atoms with Crippen molar-refractivity contribution in [3.8, 4) is 0 Å². The maximum absolute atomic E-state index is 11.0. The Labute approximate surface area is 82.0 Å². The second kappa shape index (κ2) is 6.50. The summed E-state index contributed by atoms with van der Waals surface area (Å²) < 4.78 is 0. The SMILES string of the molecule is CON(C)C(=O)/C=C/[C@H](O)[C@@H](O)CO. The van der Waals surface area contributed by atoms with Crippen molar-refractivity contribution in [1.82, 2.24) is 5.06 Å². The fraction of sp³-hybridized carbons (Fsp3) is 0.625. The van der Waals surface area contributed by atoms with Gasteiger partial charge in [0.15, 0.2) is 0 Å².